The quantitative estimate of drug-likeness (QED) is 0.633. The van der Waals surface area contributed by atoms with Crippen LogP contribution in [0, 0.1) is 0 Å². The lowest BCUT2D eigenvalue weighted by Gasteiger charge is -2.08. The highest BCUT2D eigenvalue weighted by molar-refractivity contribution is 5.51. The van der Waals surface area contributed by atoms with E-state index in [1.54, 1.807) is 18.2 Å². The van der Waals surface area contributed by atoms with Gasteiger partial charge in [-0.3, -0.25) is 0 Å². The number of benzene rings is 1. The SMILES string of the molecule is O=C=Nc1cccc(Oc2ccc(C(F)(F)F)cn2)c1. The number of aliphatic imine (C=N–C) groups is 1. The zero-order chi connectivity index (χ0) is 14.6. The molecule has 20 heavy (non-hydrogen) atoms. The van der Waals surface area contributed by atoms with E-state index in [4.69, 9.17) is 4.74 Å². The molecule has 1 aromatic heterocycles. The molecule has 1 aromatic carbocycles. The number of alkyl halides is 3. The minimum atomic E-state index is -4.44. The number of aromatic nitrogens is 1. The summed E-state index contributed by atoms with van der Waals surface area (Å²) in [5.74, 6) is 0.305. The molecule has 4 nitrogen and oxygen atoms in total. The lowest BCUT2D eigenvalue weighted by molar-refractivity contribution is -0.137. The maximum atomic E-state index is 12.4. The molecule has 0 amide bonds. The minimum Gasteiger partial charge on any atom is -0.439 e. The number of pyridine rings is 1. The molecule has 0 spiro atoms. The van der Waals surface area contributed by atoms with Gasteiger partial charge in [-0.15, -0.1) is 0 Å². The summed E-state index contributed by atoms with van der Waals surface area (Å²) in [4.78, 5) is 17.1. The van der Waals surface area contributed by atoms with Crippen molar-refractivity contribution in [3.05, 3.63) is 48.2 Å². The fraction of sp³-hybridized carbons (Fsp3) is 0.0769. The molecule has 0 aliphatic rings. The fourth-order valence-corrected chi connectivity index (χ4v) is 1.40. The third-order valence-corrected chi connectivity index (χ3v) is 2.28. The topological polar surface area (TPSA) is 51.5 Å². The summed E-state index contributed by atoms with van der Waals surface area (Å²) in [7, 11) is 0. The van der Waals surface area contributed by atoms with Gasteiger partial charge in [-0.2, -0.15) is 18.2 Å². The van der Waals surface area contributed by atoms with Crippen molar-refractivity contribution in [2.75, 3.05) is 0 Å². The Hall–Kier alpha value is -2.66. The second kappa shape index (κ2) is 5.54. The molecule has 0 fully saturated rings. The van der Waals surface area contributed by atoms with Crippen LogP contribution in [0.5, 0.6) is 11.6 Å². The molecule has 102 valence electrons. The first-order valence-corrected chi connectivity index (χ1v) is 5.38. The number of carbonyl (C=O) groups excluding carboxylic acids is 1. The zero-order valence-corrected chi connectivity index (χ0v) is 9.89. The summed E-state index contributed by atoms with van der Waals surface area (Å²) in [6.07, 6.45) is -2.38. The van der Waals surface area contributed by atoms with Crippen molar-refractivity contribution in [3.63, 3.8) is 0 Å². The zero-order valence-electron chi connectivity index (χ0n) is 9.89. The number of ether oxygens (including phenoxy) is 1. The molecule has 0 saturated heterocycles. The van der Waals surface area contributed by atoms with Gasteiger partial charge in [-0.05, 0) is 18.2 Å². The molecule has 0 radical (unpaired) electrons. The Balaban J connectivity index is 2.18. The van der Waals surface area contributed by atoms with E-state index in [1.807, 2.05) is 0 Å². The number of rotatable bonds is 3. The third kappa shape index (κ3) is 3.43. The molecule has 1 heterocycles. The molecule has 0 bridgehead atoms. The van der Waals surface area contributed by atoms with Crippen LogP contribution in [0.25, 0.3) is 0 Å². The minimum absolute atomic E-state index is 0.00485. The van der Waals surface area contributed by atoms with Crippen molar-refractivity contribution < 1.29 is 22.7 Å². The van der Waals surface area contributed by atoms with Gasteiger partial charge in [-0.25, -0.2) is 9.78 Å². The van der Waals surface area contributed by atoms with Crippen LogP contribution in [0.15, 0.2) is 47.6 Å². The average molecular weight is 280 g/mol. The van der Waals surface area contributed by atoms with E-state index < -0.39 is 11.7 Å². The molecule has 0 saturated carbocycles. The van der Waals surface area contributed by atoms with E-state index in [9.17, 15) is 18.0 Å². The highest BCUT2D eigenvalue weighted by Gasteiger charge is 2.30. The number of nitrogens with zero attached hydrogens (tertiary/aromatic N) is 2. The summed E-state index contributed by atoms with van der Waals surface area (Å²) >= 11 is 0. The molecule has 7 heteroatoms. The lowest BCUT2D eigenvalue weighted by Crippen LogP contribution is -2.05. The van der Waals surface area contributed by atoms with Gasteiger partial charge in [0.15, 0.2) is 0 Å². The Morgan fingerprint density at radius 3 is 2.60 bits per heavy atom. The highest BCUT2D eigenvalue weighted by Crippen LogP contribution is 2.30. The molecule has 0 atom stereocenters. The van der Waals surface area contributed by atoms with Crippen molar-refractivity contribution >= 4 is 11.8 Å². The van der Waals surface area contributed by atoms with Crippen LogP contribution in [0.4, 0.5) is 18.9 Å². The van der Waals surface area contributed by atoms with Gasteiger partial charge < -0.3 is 4.74 Å². The van der Waals surface area contributed by atoms with Crippen LogP contribution in [0.1, 0.15) is 5.56 Å². The van der Waals surface area contributed by atoms with Gasteiger partial charge in [0.1, 0.15) is 5.75 Å². The number of hydrogen-bond donors (Lipinski definition) is 0. The third-order valence-electron chi connectivity index (χ3n) is 2.28. The van der Waals surface area contributed by atoms with Gasteiger partial charge in [0.2, 0.25) is 12.0 Å². The van der Waals surface area contributed by atoms with Crippen LogP contribution in [0.2, 0.25) is 0 Å². The summed E-state index contributed by atoms with van der Waals surface area (Å²) in [6.45, 7) is 0. The highest BCUT2D eigenvalue weighted by atomic mass is 19.4. The normalized spacial score (nSPS) is 10.8. The van der Waals surface area contributed by atoms with Gasteiger partial charge in [0.05, 0.1) is 11.3 Å². The summed E-state index contributed by atoms with van der Waals surface area (Å²) in [5.41, 5.74) is -0.534. The summed E-state index contributed by atoms with van der Waals surface area (Å²) in [5, 5.41) is 0. The first-order valence-electron chi connectivity index (χ1n) is 5.38. The van der Waals surface area contributed by atoms with Crippen LogP contribution in [0.3, 0.4) is 0 Å². The molecule has 0 aliphatic heterocycles. The first-order chi connectivity index (χ1) is 9.49. The molecular formula is C13H7F3N2O2. The smallest absolute Gasteiger partial charge is 0.417 e. The van der Waals surface area contributed by atoms with E-state index in [0.717, 1.165) is 12.1 Å². The van der Waals surface area contributed by atoms with Gasteiger partial charge in [0.25, 0.3) is 0 Å². The van der Waals surface area contributed by atoms with Crippen LogP contribution in [-0.4, -0.2) is 11.1 Å². The van der Waals surface area contributed by atoms with Gasteiger partial charge in [0, 0.05) is 18.3 Å². The molecular weight excluding hydrogens is 273 g/mol. The number of halogens is 3. The average Bonchev–Trinajstić information content (AvgIpc) is 2.39. The maximum Gasteiger partial charge on any atom is 0.417 e. The monoisotopic (exact) mass is 280 g/mol. The van der Waals surface area contributed by atoms with E-state index in [2.05, 4.69) is 9.98 Å². The Bertz CT molecular complexity index is 647. The Morgan fingerprint density at radius 2 is 2.00 bits per heavy atom. The molecule has 0 N–H and O–H groups in total. The largest absolute Gasteiger partial charge is 0.439 e. The van der Waals surface area contributed by atoms with E-state index in [-0.39, 0.29) is 5.88 Å². The van der Waals surface area contributed by atoms with Crippen LogP contribution >= 0.6 is 0 Å². The first kappa shape index (κ1) is 13.8. The Kier molecular flexibility index (Phi) is 3.81. The van der Waals surface area contributed by atoms with Gasteiger partial charge >= 0.3 is 6.18 Å². The van der Waals surface area contributed by atoms with Crippen molar-refractivity contribution in [1.29, 1.82) is 0 Å². The Morgan fingerprint density at radius 1 is 1.20 bits per heavy atom. The van der Waals surface area contributed by atoms with Crippen LogP contribution in [-0.2, 0) is 11.0 Å². The second-order valence-corrected chi connectivity index (χ2v) is 3.69. The second-order valence-electron chi connectivity index (χ2n) is 3.69. The van der Waals surface area contributed by atoms with E-state index in [0.29, 0.717) is 17.6 Å². The number of hydrogen-bond acceptors (Lipinski definition) is 4. The van der Waals surface area contributed by atoms with Crippen molar-refractivity contribution in [2.45, 2.75) is 6.18 Å². The van der Waals surface area contributed by atoms with Gasteiger partial charge in [-0.1, -0.05) is 6.07 Å². The maximum absolute atomic E-state index is 12.4. The van der Waals surface area contributed by atoms with Crippen LogP contribution < -0.4 is 4.74 Å². The molecule has 2 rings (SSSR count). The van der Waals surface area contributed by atoms with E-state index >= 15 is 0 Å². The fourth-order valence-electron chi connectivity index (χ4n) is 1.40. The standard InChI is InChI=1S/C13H7F3N2O2/c14-13(15,16)9-4-5-12(17-7-9)20-11-3-1-2-10(6-11)18-8-19/h1-7H. The Labute approximate surface area is 111 Å². The predicted octanol–water partition coefficient (Wildman–Crippen LogP) is 3.86. The molecule has 0 aliphatic carbocycles. The molecule has 2 aromatic rings. The molecule has 0 unspecified atom stereocenters. The summed E-state index contributed by atoms with van der Waals surface area (Å²) in [6, 6.07) is 8.11. The van der Waals surface area contributed by atoms with Crippen molar-refractivity contribution in [3.8, 4) is 11.6 Å². The summed E-state index contributed by atoms with van der Waals surface area (Å²) < 4.78 is 42.3. The van der Waals surface area contributed by atoms with Crippen molar-refractivity contribution in [1.82, 2.24) is 4.98 Å². The number of isocyanates is 1. The van der Waals surface area contributed by atoms with Crippen molar-refractivity contribution in [2.24, 2.45) is 4.99 Å². The predicted molar refractivity (Wildman–Crippen MR) is 63.5 cm³/mol. The van der Waals surface area contributed by atoms with E-state index in [1.165, 1.54) is 12.1 Å². The lowest BCUT2D eigenvalue weighted by atomic mass is 10.3.